The van der Waals surface area contributed by atoms with Crippen LogP contribution in [0.3, 0.4) is 0 Å². The maximum Gasteiger partial charge on any atom is 0.412 e. The number of piperidine rings is 1. The zero-order valence-corrected chi connectivity index (χ0v) is 21.9. The summed E-state index contributed by atoms with van der Waals surface area (Å²) in [7, 11) is 0. The van der Waals surface area contributed by atoms with E-state index in [1.54, 1.807) is 45.0 Å². The number of likely N-dealkylation sites (tertiary alicyclic amines) is 1. The topological polar surface area (TPSA) is 82.7 Å². The summed E-state index contributed by atoms with van der Waals surface area (Å²) in [6, 6.07) is 15.0. The van der Waals surface area contributed by atoms with E-state index < -0.39 is 11.7 Å². The number of amides is 2. The van der Waals surface area contributed by atoms with E-state index in [0.29, 0.717) is 28.4 Å². The molecular weight excluding hydrogens is 440 g/mol. The molecule has 2 amide bonds. The summed E-state index contributed by atoms with van der Waals surface area (Å²) >= 11 is 0. The van der Waals surface area contributed by atoms with Crippen LogP contribution >= 0.6 is 0 Å². The van der Waals surface area contributed by atoms with Gasteiger partial charge in [0, 0.05) is 36.9 Å². The Morgan fingerprint density at radius 2 is 1.46 bits per heavy atom. The minimum Gasteiger partial charge on any atom is -0.444 e. The molecule has 1 aliphatic heterocycles. The molecule has 2 aromatic rings. The van der Waals surface area contributed by atoms with Crippen molar-refractivity contribution in [3.63, 3.8) is 0 Å². The molecule has 1 fully saturated rings. The first-order valence-electron chi connectivity index (χ1n) is 12.4. The van der Waals surface area contributed by atoms with E-state index in [4.69, 9.17) is 4.74 Å². The Morgan fingerprint density at radius 1 is 0.886 bits per heavy atom. The fraction of sp³-hybridized carbons (Fsp3) is 0.500. The number of hydrogen-bond acceptors (Lipinski definition) is 5. The van der Waals surface area contributed by atoms with Crippen molar-refractivity contribution in [3.05, 3.63) is 54.1 Å². The molecule has 1 heterocycles. The van der Waals surface area contributed by atoms with Crippen molar-refractivity contribution >= 4 is 29.1 Å². The van der Waals surface area contributed by atoms with Crippen molar-refractivity contribution in [3.8, 4) is 0 Å². The second-order valence-electron chi connectivity index (χ2n) is 11.5. The van der Waals surface area contributed by atoms with Gasteiger partial charge in [-0.3, -0.25) is 10.1 Å². The number of benzene rings is 2. The molecule has 7 nitrogen and oxygen atoms in total. The third-order valence-corrected chi connectivity index (χ3v) is 5.61. The molecule has 35 heavy (non-hydrogen) atoms. The average Bonchev–Trinajstić information content (AvgIpc) is 2.74. The predicted molar refractivity (Wildman–Crippen MR) is 143 cm³/mol. The predicted octanol–water partition coefficient (Wildman–Crippen LogP) is 6.21. The van der Waals surface area contributed by atoms with Crippen molar-refractivity contribution in [2.75, 3.05) is 35.6 Å². The fourth-order valence-corrected chi connectivity index (χ4v) is 4.17. The van der Waals surface area contributed by atoms with Crippen LogP contribution in [-0.4, -0.2) is 48.2 Å². The molecule has 0 atom stereocenters. The highest BCUT2D eigenvalue weighted by Gasteiger charge is 2.23. The molecule has 3 rings (SSSR count). The molecule has 7 heteroatoms. The zero-order valence-electron chi connectivity index (χ0n) is 21.9. The van der Waals surface area contributed by atoms with Gasteiger partial charge in [-0.05, 0) is 75.4 Å². The molecule has 0 bridgehead atoms. The summed E-state index contributed by atoms with van der Waals surface area (Å²) in [5.74, 6) is -0.245. The Kier molecular flexibility index (Phi) is 8.43. The molecule has 0 unspecified atom stereocenters. The number of rotatable bonds is 6. The van der Waals surface area contributed by atoms with E-state index in [-0.39, 0.29) is 5.91 Å². The van der Waals surface area contributed by atoms with Crippen LogP contribution in [0.5, 0.6) is 0 Å². The summed E-state index contributed by atoms with van der Waals surface area (Å²) in [6.45, 7) is 15.6. The molecule has 3 N–H and O–H groups in total. The van der Waals surface area contributed by atoms with Gasteiger partial charge in [0.2, 0.25) is 0 Å². The SMILES string of the molecule is CC(C)(C)CN1CCC(Nc2ccc(C(=O)Nc3ccccc3NC(=O)OC(C)(C)C)cc2)CC1. The normalized spacial score (nSPS) is 15.4. The highest BCUT2D eigenvalue weighted by Crippen LogP contribution is 2.24. The maximum atomic E-state index is 12.9. The number of hydrogen-bond donors (Lipinski definition) is 3. The number of carbonyl (C=O) groups excluding carboxylic acids is 2. The lowest BCUT2D eigenvalue weighted by Crippen LogP contribution is -2.42. The van der Waals surface area contributed by atoms with Crippen LogP contribution in [-0.2, 0) is 4.74 Å². The summed E-state index contributed by atoms with van der Waals surface area (Å²) in [4.78, 5) is 27.6. The first-order valence-corrected chi connectivity index (χ1v) is 12.4. The van der Waals surface area contributed by atoms with Crippen LogP contribution in [0.1, 0.15) is 64.7 Å². The molecule has 1 saturated heterocycles. The van der Waals surface area contributed by atoms with Gasteiger partial charge in [-0.15, -0.1) is 0 Å². The lowest BCUT2D eigenvalue weighted by Gasteiger charge is -2.36. The Balaban J connectivity index is 1.54. The third-order valence-electron chi connectivity index (χ3n) is 5.61. The average molecular weight is 481 g/mol. The second-order valence-corrected chi connectivity index (χ2v) is 11.5. The molecule has 0 spiro atoms. The van der Waals surface area contributed by atoms with E-state index in [9.17, 15) is 9.59 Å². The van der Waals surface area contributed by atoms with E-state index in [0.717, 1.165) is 38.2 Å². The van der Waals surface area contributed by atoms with Crippen molar-refractivity contribution in [1.29, 1.82) is 0 Å². The van der Waals surface area contributed by atoms with Crippen LogP contribution in [0.2, 0.25) is 0 Å². The molecule has 2 aromatic carbocycles. The van der Waals surface area contributed by atoms with Gasteiger partial charge in [0.25, 0.3) is 5.91 Å². The van der Waals surface area contributed by atoms with Crippen LogP contribution in [0, 0.1) is 5.41 Å². The number of carbonyl (C=O) groups is 2. The quantitative estimate of drug-likeness (QED) is 0.458. The largest absolute Gasteiger partial charge is 0.444 e. The molecule has 0 radical (unpaired) electrons. The van der Waals surface area contributed by atoms with Crippen LogP contribution in [0.4, 0.5) is 21.9 Å². The Bertz CT molecular complexity index is 998. The molecule has 0 aromatic heterocycles. The molecular formula is C28H40N4O3. The first-order chi connectivity index (χ1) is 16.4. The number of anilines is 3. The van der Waals surface area contributed by atoms with Gasteiger partial charge in [0.05, 0.1) is 11.4 Å². The maximum absolute atomic E-state index is 12.9. The van der Waals surface area contributed by atoms with E-state index >= 15 is 0 Å². The summed E-state index contributed by atoms with van der Waals surface area (Å²) in [5.41, 5.74) is 2.26. The molecule has 190 valence electrons. The second kappa shape index (κ2) is 11.1. The van der Waals surface area contributed by atoms with Gasteiger partial charge in [0.1, 0.15) is 5.60 Å². The van der Waals surface area contributed by atoms with Gasteiger partial charge in [-0.1, -0.05) is 32.9 Å². The van der Waals surface area contributed by atoms with Crippen molar-refractivity contribution in [2.45, 2.75) is 66.0 Å². The Hall–Kier alpha value is -3.06. The first kappa shape index (κ1) is 26.5. The Morgan fingerprint density at radius 3 is 2.00 bits per heavy atom. The summed E-state index contributed by atoms with van der Waals surface area (Å²) in [6.07, 6.45) is 1.65. The van der Waals surface area contributed by atoms with Gasteiger partial charge in [0.15, 0.2) is 0 Å². The van der Waals surface area contributed by atoms with Gasteiger partial charge < -0.3 is 20.3 Å². The van der Waals surface area contributed by atoms with Crippen molar-refractivity contribution < 1.29 is 14.3 Å². The van der Waals surface area contributed by atoms with Crippen LogP contribution in [0.25, 0.3) is 0 Å². The molecule has 0 saturated carbocycles. The van der Waals surface area contributed by atoms with E-state index in [2.05, 4.69) is 41.6 Å². The van der Waals surface area contributed by atoms with Gasteiger partial charge in [-0.2, -0.15) is 0 Å². The molecule has 0 aliphatic carbocycles. The minimum absolute atomic E-state index is 0.245. The van der Waals surface area contributed by atoms with Gasteiger partial charge >= 0.3 is 6.09 Å². The standard InChI is InChI=1S/C28H40N4O3/c1-27(2,3)19-32-17-15-22(16-18-32)29-21-13-11-20(12-14-21)25(33)30-23-9-7-8-10-24(23)31-26(34)35-28(4,5)6/h7-14,22,29H,15-19H2,1-6H3,(H,30,33)(H,31,34). The number of para-hydroxylation sites is 2. The van der Waals surface area contributed by atoms with E-state index in [1.807, 2.05) is 24.3 Å². The highest BCUT2D eigenvalue weighted by molar-refractivity contribution is 6.07. The molecule has 1 aliphatic rings. The van der Waals surface area contributed by atoms with Gasteiger partial charge in [-0.25, -0.2) is 4.79 Å². The lowest BCUT2D eigenvalue weighted by atomic mass is 9.94. The van der Waals surface area contributed by atoms with Crippen molar-refractivity contribution in [2.24, 2.45) is 5.41 Å². The smallest absolute Gasteiger partial charge is 0.412 e. The minimum atomic E-state index is -0.610. The number of nitrogens with zero attached hydrogens (tertiary/aromatic N) is 1. The van der Waals surface area contributed by atoms with Crippen LogP contribution < -0.4 is 16.0 Å². The summed E-state index contributed by atoms with van der Waals surface area (Å²) in [5, 5.41) is 9.20. The van der Waals surface area contributed by atoms with Crippen LogP contribution in [0.15, 0.2) is 48.5 Å². The number of nitrogens with one attached hydrogen (secondary N) is 3. The Labute approximate surface area is 209 Å². The highest BCUT2D eigenvalue weighted by atomic mass is 16.6. The third kappa shape index (κ3) is 8.91. The van der Waals surface area contributed by atoms with E-state index in [1.165, 1.54) is 0 Å². The lowest BCUT2D eigenvalue weighted by molar-refractivity contribution is 0.0635. The fourth-order valence-electron chi connectivity index (χ4n) is 4.17. The summed E-state index contributed by atoms with van der Waals surface area (Å²) < 4.78 is 5.32. The monoisotopic (exact) mass is 480 g/mol. The van der Waals surface area contributed by atoms with Crippen molar-refractivity contribution in [1.82, 2.24) is 4.90 Å². The number of ether oxygens (including phenoxy) is 1. The zero-order chi connectivity index (χ0) is 25.6.